The molecule has 0 spiro atoms. The molecule has 7 aromatic rings. The van der Waals surface area contributed by atoms with Crippen LogP contribution in [0.1, 0.15) is 102 Å². The minimum atomic E-state index is -0.200. The first-order valence-electron chi connectivity index (χ1n) is 21.8. The van der Waals surface area contributed by atoms with Gasteiger partial charge in [0.25, 0.3) is 0 Å². The third kappa shape index (κ3) is 4.49. The van der Waals surface area contributed by atoms with Crippen molar-refractivity contribution in [1.29, 1.82) is 0 Å². The van der Waals surface area contributed by atoms with E-state index in [2.05, 4.69) is 205 Å². The van der Waals surface area contributed by atoms with Gasteiger partial charge in [0.15, 0.2) is 0 Å². The van der Waals surface area contributed by atoms with Gasteiger partial charge in [0.2, 0.25) is 0 Å². The minimum Gasteiger partial charge on any atom is -0.376 e. The van der Waals surface area contributed by atoms with Gasteiger partial charge in [-0.15, -0.1) is 0 Å². The van der Waals surface area contributed by atoms with E-state index >= 15 is 0 Å². The van der Waals surface area contributed by atoms with E-state index in [9.17, 15) is 0 Å². The maximum Gasteiger partial charge on any atom is 0.333 e. The van der Waals surface area contributed by atoms with Crippen molar-refractivity contribution in [2.75, 3.05) is 9.71 Å². The highest BCUT2D eigenvalue weighted by Crippen LogP contribution is 2.60. The Kier molecular flexibility index (Phi) is 6.84. The Morgan fingerprint density at radius 3 is 1.95 bits per heavy atom. The third-order valence-corrected chi connectivity index (χ3v) is 15.5. The quantitative estimate of drug-likeness (QED) is 0.162. The molecule has 0 aromatic heterocycles. The molecular weight excluding hydrogens is 711 g/mol. The molecule has 3 heteroatoms. The molecule has 0 N–H and O–H groups in total. The monoisotopic (exact) mass is 762 g/mol. The summed E-state index contributed by atoms with van der Waals surface area (Å²) in [5.74, 6) is 0. The zero-order valence-electron chi connectivity index (χ0n) is 35.7. The summed E-state index contributed by atoms with van der Waals surface area (Å²) in [6, 6.07) is 54.0. The highest BCUT2D eigenvalue weighted by Gasteiger charge is 2.52. The molecular formula is C56H51BN2. The molecule has 2 nitrogen and oxygen atoms in total. The normalized spacial score (nSPS) is 18.5. The predicted octanol–water partition coefficient (Wildman–Crippen LogP) is 13.4. The van der Waals surface area contributed by atoms with E-state index in [4.69, 9.17) is 0 Å². The van der Waals surface area contributed by atoms with Crippen molar-refractivity contribution in [2.45, 2.75) is 89.9 Å². The van der Waals surface area contributed by atoms with Crippen LogP contribution in [0.3, 0.4) is 0 Å². The van der Waals surface area contributed by atoms with Crippen molar-refractivity contribution in [2.24, 2.45) is 0 Å². The molecule has 5 aliphatic rings. The SMILES string of the molecule is CC1(C)CCC(C)(C)c2cc(N3B4c5cccc6c5N(c5ccccc5C6(C)C)c5cc(-c6ccccc6)cc(c54)-c4c3ccc3c4C(C)(C)c4ccccc4-3)ccc21. The summed E-state index contributed by atoms with van der Waals surface area (Å²) >= 11 is 0. The van der Waals surface area contributed by atoms with Crippen molar-refractivity contribution < 1.29 is 0 Å². The number of benzene rings is 7. The lowest BCUT2D eigenvalue weighted by Gasteiger charge is -2.51. The molecule has 0 amide bonds. The van der Waals surface area contributed by atoms with Gasteiger partial charge in [-0.25, -0.2) is 0 Å². The summed E-state index contributed by atoms with van der Waals surface area (Å²) < 4.78 is 0. The van der Waals surface area contributed by atoms with Crippen molar-refractivity contribution in [3.05, 3.63) is 173 Å². The van der Waals surface area contributed by atoms with E-state index in [1.807, 2.05) is 0 Å². The van der Waals surface area contributed by atoms with Crippen molar-refractivity contribution in [3.8, 4) is 33.4 Å². The zero-order valence-corrected chi connectivity index (χ0v) is 35.7. The minimum absolute atomic E-state index is 0.0349. The molecule has 7 aromatic carbocycles. The highest BCUT2D eigenvalue weighted by molar-refractivity contribution is 6.93. The summed E-state index contributed by atoms with van der Waals surface area (Å²) in [7, 11) is 0. The van der Waals surface area contributed by atoms with Crippen molar-refractivity contribution in [3.63, 3.8) is 0 Å². The van der Waals surface area contributed by atoms with Gasteiger partial charge in [-0.1, -0.05) is 159 Å². The van der Waals surface area contributed by atoms with Gasteiger partial charge in [-0.3, -0.25) is 0 Å². The summed E-state index contributed by atoms with van der Waals surface area (Å²) in [5.41, 5.74) is 25.6. The summed E-state index contributed by atoms with van der Waals surface area (Å²) in [6.45, 7) is 19.5. The van der Waals surface area contributed by atoms with Gasteiger partial charge in [-0.05, 0) is 132 Å². The van der Waals surface area contributed by atoms with E-state index < -0.39 is 0 Å². The summed E-state index contributed by atoms with van der Waals surface area (Å²) in [6.07, 6.45) is 2.38. The molecule has 3 aliphatic heterocycles. The fourth-order valence-corrected chi connectivity index (χ4v) is 12.3. The van der Waals surface area contributed by atoms with Crippen LogP contribution in [-0.4, -0.2) is 6.85 Å². The van der Waals surface area contributed by atoms with Crippen LogP contribution in [0.25, 0.3) is 33.4 Å². The average molecular weight is 763 g/mol. The number of rotatable bonds is 2. The van der Waals surface area contributed by atoms with Gasteiger partial charge in [0.1, 0.15) is 0 Å². The Bertz CT molecular complexity index is 2970. The average Bonchev–Trinajstić information content (AvgIpc) is 3.48. The van der Waals surface area contributed by atoms with Crippen LogP contribution >= 0.6 is 0 Å². The molecule has 288 valence electrons. The second-order valence-electron chi connectivity index (χ2n) is 20.4. The molecule has 0 saturated heterocycles. The molecule has 2 aliphatic carbocycles. The van der Waals surface area contributed by atoms with Crippen LogP contribution in [0.2, 0.25) is 0 Å². The molecule has 0 saturated carbocycles. The molecule has 12 rings (SSSR count). The topological polar surface area (TPSA) is 6.48 Å². The first-order valence-corrected chi connectivity index (χ1v) is 21.8. The number of hydrogen-bond acceptors (Lipinski definition) is 2. The fraction of sp³-hybridized carbons (Fsp3) is 0.250. The lowest BCUT2D eigenvalue weighted by Crippen LogP contribution is -2.62. The second-order valence-corrected chi connectivity index (χ2v) is 20.4. The third-order valence-electron chi connectivity index (χ3n) is 15.5. The van der Waals surface area contributed by atoms with E-state index in [-0.39, 0.29) is 28.5 Å². The standard InChI is InChI=1S/C56H51BN2/c1-53(2)29-30-54(3,4)44-33-36(25-27-41(44)53)59-47-28-26-38-37-19-12-13-20-40(37)56(7,8)50(38)49(47)39-31-35(34-17-10-9-11-18-34)32-48-51(39)57(59)45-23-16-22-43-52(45)58(48)46-24-15-14-21-42(46)55(43,5)6/h9-28,31-33H,29-30H2,1-8H3. The fourth-order valence-electron chi connectivity index (χ4n) is 12.3. The molecule has 3 heterocycles. The number of para-hydroxylation sites is 2. The summed E-state index contributed by atoms with van der Waals surface area (Å²) in [4.78, 5) is 5.42. The number of hydrogen-bond donors (Lipinski definition) is 0. The van der Waals surface area contributed by atoms with E-state index in [0.717, 1.165) is 0 Å². The Balaban J connectivity index is 1.25. The van der Waals surface area contributed by atoms with E-state index in [1.165, 1.54) is 119 Å². The van der Waals surface area contributed by atoms with Crippen molar-refractivity contribution in [1.82, 2.24) is 0 Å². The first-order chi connectivity index (χ1) is 28.3. The number of fused-ring (bicyclic) bond motifs is 11. The maximum atomic E-state index is 2.77. The lowest BCUT2D eigenvalue weighted by molar-refractivity contribution is 0.332. The maximum absolute atomic E-state index is 2.77. The number of nitrogens with zero attached hydrogens (tertiary/aromatic N) is 2. The predicted molar refractivity (Wildman–Crippen MR) is 251 cm³/mol. The van der Waals surface area contributed by atoms with Crippen LogP contribution in [0, 0.1) is 0 Å². The molecule has 0 fully saturated rings. The molecule has 0 atom stereocenters. The van der Waals surface area contributed by atoms with Gasteiger partial charge in [0.05, 0.1) is 5.69 Å². The molecule has 0 unspecified atom stereocenters. The lowest BCUT2D eigenvalue weighted by atomic mass is 9.42. The molecule has 59 heavy (non-hydrogen) atoms. The van der Waals surface area contributed by atoms with Gasteiger partial charge in [-0.2, -0.15) is 0 Å². The van der Waals surface area contributed by atoms with E-state index in [1.54, 1.807) is 0 Å². The van der Waals surface area contributed by atoms with Gasteiger partial charge in [0, 0.05) is 39.1 Å². The van der Waals surface area contributed by atoms with Crippen LogP contribution < -0.4 is 20.6 Å². The molecule has 0 bridgehead atoms. The van der Waals surface area contributed by atoms with Crippen molar-refractivity contribution >= 4 is 46.2 Å². The van der Waals surface area contributed by atoms with Crippen LogP contribution in [-0.2, 0) is 21.7 Å². The Labute approximate surface area is 350 Å². The van der Waals surface area contributed by atoms with Crippen LogP contribution in [0.4, 0.5) is 28.4 Å². The highest BCUT2D eigenvalue weighted by atomic mass is 15.2. The van der Waals surface area contributed by atoms with Crippen LogP contribution in [0.5, 0.6) is 0 Å². The largest absolute Gasteiger partial charge is 0.376 e. The van der Waals surface area contributed by atoms with Crippen LogP contribution in [0.15, 0.2) is 140 Å². The van der Waals surface area contributed by atoms with Gasteiger partial charge < -0.3 is 9.71 Å². The first kappa shape index (κ1) is 35.2. The molecule has 0 radical (unpaired) electrons. The van der Waals surface area contributed by atoms with E-state index in [0.29, 0.717) is 0 Å². The summed E-state index contributed by atoms with van der Waals surface area (Å²) in [5, 5.41) is 0. The van der Waals surface area contributed by atoms with Gasteiger partial charge >= 0.3 is 6.85 Å². The smallest absolute Gasteiger partial charge is 0.333 e. The zero-order chi connectivity index (χ0) is 40.4. The Morgan fingerprint density at radius 2 is 1.15 bits per heavy atom. The second kappa shape index (κ2) is 11.5. The Morgan fingerprint density at radius 1 is 0.458 bits per heavy atom. The Hall–Kier alpha value is -5.80. The number of anilines is 5.